The van der Waals surface area contributed by atoms with E-state index in [1.807, 2.05) is 78.5 Å². The van der Waals surface area contributed by atoms with E-state index < -0.39 is 0 Å². The number of likely N-dealkylation sites (N-methyl/N-ethyl adjacent to an activating group) is 1. The third kappa shape index (κ3) is 4.44. The Labute approximate surface area is 148 Å². The molecule has 0 radical (unpaired) electrons. The maximum atomic E-state index is 12.3. The molecule has 2 aromatic carbocycles. The molecule has 0 saturated heterocycles. The molecule has 0 unspecified atom stereocenters. The summed E-state index contributed by atoms with van der Waals surface area (Å²) in [5.41, 5.74) is 4.20. The summed E-state index contributed by atoms with van der Waals surface area (Å²) in [5.74, 6) is -0.0334. The molecule has 0 aliphatic rings. The second-order valence-electron chi connectivity index (χ2n) is 6.07. The molecular formula is C21H21N3O. The number of amides is 1. The Hall–Kier alpha value is -3.14. The van der Waals surface area contributed by atoms with Crippen molar-refractivity contribution in [2.24, 2.45) is 0 Å². The van der Waals surface area contributed by atoms with Crippen molar-refractivity contribution in [3.63, 3.8) is 0 Å². The van der Waals surface area contributed by atoms with Gasteiger partial charge in [0.1, 0.15) is 0 Å². The van der Waals surface area contributed by atoms with E-state index in [-0.39, 0.29) is 5.91 Å². The third-order valence-corrected chi connectivity index (χ3v) is 3.91. The number of hydrogen-bond donors (Lipinski definition) is 0. The van der Waals surface area contributed by atoms with Gasteiger partial charge >= 0.3 is 0 Å². The molecule has 25 heavy (non-hydrogen) atoms. The number of aryl methyl sites for hydroxylation is 1. The van der Waals surface area contributed by atoms with E-state index in [0.717, 1.165) is 16.8 Å². The van der Waals surface area contributed by atoms with E-state index in [0.29, 0.717) is 6.54 Å². The molecule has 0 atom stereocenters. The normalized spacial score (nSPS) is 11.0. The van der Waals surface area contributed by atoms with Crippen LogP contribution in [0.4, 0.5) is 0 Å². The minimum atomic E-state index is -0.0334. The van der Waals surface area contributed by atoms with Gasteiger partial charge in [-0.3, -0.25) is 4.79 Å². The molecule has 0 spiro atoms. The monoisotopic (exact) mass is 331 g/mol. The Morgan fingerprint density at radius 3 is 2.72 bits per heavy atom. The first-order valence-electron chi connectivity index (χ1n) is 8.20. The zero-order valence-electron chi connectivity index (χ0n) is 14.5. The number of rotatable bonds is 5. The fourth-order valence-electron chi connectivity index (χ4n) is 2.58. The predicted molar refractivity (Wildman–Crippen MR) is 100 cm³/mol. The van der Waals surface area contributed by atoms with E-state index >= 15 is 0 Å². The molecule has 1 aromatic heterocycles. The fourth-order valence-corrected chi connectivity index (χ4v) is 2.58. The lowest BCUT2D eigenvalue weighted by Gasteiger charge is -2.13. The van der Waals surface area contributed by atoms with Crippen LogP contribution in [0.3, 0.4) is 0 Å². The molecule has 3 rings (SSSR count). The van der Waals surface area contributed by atoms with Crippen molar-refractivity contribution in [3.8, 4) is 5.69 Å². The van der Waals surface area contributed by atoms with Crippen LogP contribution in [0.25, 0.3) is 11.8 Å². The smallest absolute Gasteiger partial charge is 0.246 e. The van der Waals surface area contributed by atoms with Gasteiger partial charge in [-0.05, 0) is 30.7 Å². The molecule has 0 aliphatic heterocycles. The number of hydrogen-bond acceptors (Lipinski definition) is 2. The second-order valence-corrected chi connectivity index (χ2v) is 6.07. The van der Waals surface area contributed by atoms with Crippen LogP contribution in [0, 0.1) is 6.92 Å². The van der Waals surface area contributed by atoms with Gasteiger partial charge in [0.25, 0.3) is 0 Å². The quantitative estimate of drug-likeness (QED) is 0.666. The van der Waals surface area contributed by atoms with Crippen LogP contribution in [0.2, 0.25) is 0 Å². The van der Waals surface area contributed by atoms with Gasteiger partial charge in [0, 0.05) is 31.4 Å². The molecule has 0 bridgehead atoms. The molecule has 0 N–H and O–H groups in total. The largest absolute Gasteiger partial charge is 0.338 e. The standard InChI is InChI=1S/C21H21N3O/c1-17-7-6-8-18(13-17)11-12-21(25)23(2)15-19-14-22-24(16-19)20-9-4-3-5-10-20/h3-14,16H,15H2,1-2H3/b12-11+. The summed E-state index contributed by atoms with van der Waals surface area (Å²) >= 11 is 0. The topological polar surface area (TPSA) is 38.1 Å². The maximum absolute atomic E-state index is 12.3. The minimum absolute atomic E-state index is 0.0334. The summed E-state index contributed by atoms with van der Waals surface area (Å²) in [6.07, 6.45) is 7.19. The van der Waals surface area contributed by atoms with Crippen molar-refractivity contribution in [2.45, 2.75) is 13.5 Å². The van der Waals surface area contributed by atoms with Gasteiger partial charge in [0.2, 0.25) is 5.91 Å². The number of para-hydroxylation sites is 1. The fraction of sp³-hybridized carbons (Fsp3) is 0.143. The Kier molecular flexibility index (Phi) is 5.09. The van der Waals surface area contributed by atoms with Gasteiger partial charge in [-0.1, -0.05) is 48.0 Å². The summed E-state index contributed by atoms with van der Waals surface area (Å²) in [4.78, 5) is 14.0. The SMILES string of the molecule is Cc1cccc(/C=C/C(=O)N(C)Cc2cnn(-c3ccccc3)c2)c1. The highest BCUT2D eigenvalue weighted by Crippen LogP contribution is 2.10. The van der Waals surface area contributed by atoms with E-state index in [1.165, 1.54) is 5.56 Å². The molecular weight excluding hydrogens is 310 g/mol. The van der Waals surface area contributed by atoms with Gasteiger partial charge in [0.05, 0.1) is 11.9 Å². The first-order chi connectivity index (χ1) is 12.1. The van der Waals surface area contributed by atoms with Crippen molar-refractivity contribution in [2.75, 3.05) is 7.05 Å². The Morgan fingerprint density at radius 1 is 1.16 bits per heavy atom. The van der Waals surface area contributed by atoms with E-state index in [1.54, 1.807) is 24.2 Å². The highest BCUT2D eigenvalue weighted by molar-refractivity contribution is 5.91. The molecule has 4 nitrogen and oxygen atoms in total. The average molecular weight is 331 g/mol. The van der Waals surface area contributed by atoms with Crippen LogP contribution < -0.4 is 0 Å². The zero-order chi connectivity index (χ0) is 17.6. The van der Waals surface area contributed by atoms with Crippen LogP contribution in [0.1, 0.15) is 16.7 Å². The predicted octanol–water partition coefficient (Wildman–Crippen LogP) is 3.85. The van der Waals surface area contributed by atoms with Crippen molar-refractivity contribution in [1.82, 2.24) is 14.7 Å². The van der Waals surface area contributed by atoms with Crippen LogP contribution in [0.15, 0.2) is 73.1 Å². The number of carbonyl (C=O) groups is 1. The van der Waals surface area contributed by atoms with Gasteiger partial charge < -0.3 is 4.90 Å². The summed E-state index contributed by atoms with van der Waals surface area (Å²) in [6, 6.07) is 18.0. The van der Waals surface area contributed by atoms with E-state index in [2.05, 4.69) is 5.10 Å². The van der Waals surface area contributed by atoms with Crippen LogP contribution in [-0.4, -0.2) is 27.6 Å². The molecule has 4 heteroatoms. The summed E-state index contributed by atoms with van der Waals surface area (Å²) in [5, 5.41) is 4.36. The molecule has 0 aliphatic carbocycles. The van der Waals surface area contributed by atoms with Gasteiger partial charge in [-0.15, -0.1) is 0 Å². The van der Waals surface area contributed by atoms with Crippen LogP contribution in [0.5, 0.6) is 0 Å². The van der Waals surface area contributed by atoms with Gasteiger partial charge in [0.15, 0.2) is 0 Å². The summed E-state index contributed by atoms with van der Waals surface area (Å²) in [7, 11) is 1.79. The van der Waals surface area contributed by atoms with E-state index in [9.17, 15) is 4.79 Å². The Balaban J connectivity index is 1.63. The van der Waals surface area contributed by atoms with Gasteiger partial charge in [-0.2, -0.15) is 5.10 Å². The van der Waals surface area contributed by atoms with E-state index in [4.69, 9.17) is 0 Å². The van der Waals surface area contributed by atoms with Crippen LogP contribution in [-0.2, 0) is 11.3 Å². The lowest BCUT2D eigenvalue weighted by Crippen LogP contribution is -2.23. The summed E-state index contributed by atoms with van der Waals surface area (Å²) in [6.45, 7) is 2.56. The lowest BCUT2D eigenvalue weighted by molar-refractivity contribution is -0.125. The number of benzene rings is 2. The molecule has 3 aromatic rings. The first kappa shape index (κ1) is 16.7. The number of nitrogens with zero attached hydrogens (tertiary/aromatic N) is 3. The van der Waals surface area contributed by atoms with Crippen molar-refractivity contribution < 1.29 is 4.79 Å². The highest BCUT2D eigenvalue weighted by atomic mass is 16.2. The molecule has 0 saturated carbocycles. The third-order valence-electron chi connectivity index (χ3n) is 3.91. The van der Waals surface area contributed by atoms with Crippen molar-refractivity contribution >= 4 is 12.0 Å². The molecule has 1 amide bonds. The Bertz CT molecular complexity index is 881. The van der Waals surface area contributed by atoms with Crippen LogP contribution >= 0.6 is 0 Å². The first-order valence-corrected chi connectivity index (χ1v) is 8.20. The molecule has 126 valence electrons. The zero-order valence-corrected chi connectivity index (χ0v) is 14.5. The summed E-state index contributed by atoms with van der Waals surface area (Å²) < 4.78 is 1.82. The highest BCUT2D eigenvalue weighted by Gasteiger charge is 2.08. The molecule has 1 heterocycles. The average Bonchev–Trinajstić information content (AvgIpc) is 3.09. The number of aromatic nitrogens is 2. The van der Waals surface area contributed by atoms with Crippen molar-refractivity contribution in [1.29, 1.82) is 0 Å². The lowest BCUT2D eigenvalue weighted by atomic mass is 10.1. The minimum Gasteiger partial charge on any atom is -0.338 e. The maximum Gasteiger partial charge on any atom is 0.246 e. The second kappa shape index (κ2) is 7.62. The Morgan fingerprint density at radius 2 is 1.96 bits per heavy atom. The van der Waals surface area contributed by atoms with Crippen molar-refractivity contribution in [3.05, 3.63) is 89.8 Å². The number of carbonyl (C=O) groups excluding carboxylic acids is 1. The molecule has 0 fully saturated rings. The van der Waals surface area contributed by atoms with Gasteiger partial charge in [-0.25, -0.2) is 4.68 Å².